The summed E-state index contributed by atoms with van der Waals surface area (Å²) in [5, 5.41) is 17.7. The predicted molar refractivity (Wildman–Crippen MR) is 56.0 cm³/mol. The number of halogens is 1. The number of aliphatic hydroxyl groups excluding tert-OH is 1. The zero-order valence-electron chi connectivity index (χ0n) is 7.43. The van der Waals surface area contributed by atoms with Crippen molar-refractivity contribution in [2.75, 3.05) is 18.9 Å². The highest BCUT2D eigenvalue weighted by atomic mass is 35.5. The molecule has 1 aromatic rings. The Morgan fingerprint density at radius 1 is 1.36 bits per heavy atom. The fourth-order valence-corrected chi connectivity index (χ4v) is 0.812. The van der Waals surface area contributed by atoms with Crippen molar-refractivity contribution in [1.82, 2.24) is 0 Å². The van der Waals surface area contributed by atoms with Crippen molar-refractivity contribution in [2.45, 2.75) is 0 Å². The van der Waals surface area contributed by atoms with Gasteiger partial charge in [0.15, 0.2) is 11.5 Å². The molecule has 0 saturated carbocycles. The van der Waals surface area contributed by atoms with E-state index in [4.69, 9.17) is 15.6 Å². The fourth-order valence-electron chi connectivity index (χ4n) is 0.812. The van der Waals surface area contributed by atoms with Crippen LogP contribution in [0.15, 0.2) is 18.2 Å². The predicted octanol–water partition coefficient (Wildman–Crippen LogP) is -0.0574. The van der Waals surface area contributed by atoms with Crippen LogP contribution < -0.4 is 10.5 Å². The van der Waals surface area contributed by atoms with Gasteiger partial charge in [-0.25, -0.2) is 0 Å². The van der Waals surface area contributed by atoms with Crippen LogP contribution in [0.3, 0.4) is 0 Å². The molecule has 0 spiro atoms. The Balaban J connectivity index is 0. The molecule has 0 unspecified atom stereocenters. The summed E-state index contributed by atoms with van der Waals surface area (Å²) in [7, 11) is 0. The largest absolute Gasteiger partial charge is 0.504 e. The molecule has 0 saturated heterocycles. The van der Waals surface area contributed by atoms with Gasteiger partial charge in [0.2, 0.25) is 0 Å². The molecule has 0 aromatic heterocycles. The molecular weight excluding hydrogens is 210 g/mol. The molecule has 0 aliphatic rings. The Morgan fingerprint density at radius 2 is 2.00 bits per heavy atom. The fraction of sp³-hybridized carbons (Fsp3) is 0.250. The van der Waals surface area contributed by atoms with Crippen molar-refractivity contribution in [2.24, 2.45) is 0 Å². The SMILES string of the molecule is Cl.Nc1ccc(OCCO)c(O)c1.O. The van der Waals surface area contributed by atoms with E-state index in [2.05, 4.69) is 0 Å². The van der Waals surface area contributed by atoms with Crippen LogP contribution in [0.2, 0.25) is 0 Å². The summed E-state index contributed by atoms with van der Waals surface area (Å²) in [6, 6.07) is 4.57. The lowest BCUT2D eigenvalue weighted by Gasteiger charge is -2.06. The molecule has 1 rings (SSSR count). The van der Waals surface area contributed by atoms with Gasteiger partial charge in [0, 0.05) is 11.8 Å². The lowest BCUT2D eigenvalue weighted by atomic mass is 10.3. The second kappa shape index (κ2) is 7.25. The van der Waals surface area contributed by atoms with Crippen LogP contribution in [0.1, 0.15) is 0 Å². The van der Waals surface area contributed by atoms with Crippen molar-refractivity contribution in [3.63, 3.8) is 0 Å². The zero-order valence-corrected chi connectivity index (χ0v) is 8.25. The minimum Gasteiger partial charge on any atom is -0.504 e. The molecule has 0 aliphatic heterocycles. The molecule has 14 heavy (non-hydrogen) atoms. The van der Waals surface area contributed by atoms with Crippen LogP contribution in [0.4, 0.5) is 5.69 Å². The molecule has 6 N–H and O–H groups in total. The van der Waals surface area contributed by atoms with E-state index >= 15 is 0 Å². The second-order valence-corrected chi connectivity index (χ2v) is 2.30. The molecule has 6 heteroatoms. The van der Waals surface area contributed by atoms with Gasteiger partial charge < -0.3 is 26.2 Å². The number of hydrogen-bond acceptors (Lipinski definition) is 4. The Kier molecular flexibility index (Phi) is 7.93. The average Bonchev–Trinajstić information content (AvgIpc) is 2.03. The van der Waals surface area contributed by atoms with E-state index in [0.29, 0.717) is 11.4 Å². The Labute approximate surface area is 87.8 Å². The van der Waals surface area contributed by atoms with Crippen LogP contribution in [0, 0.1) is 0 Å². The van der Waals surface area contributed by atoms with Gasteiger partial charge >= 0.3 is 0 Å². The quantitative estimate of drug-likeness (QED) is 0.624. The highest BCUT2D eigenvalue weighted by molar-refractivity contribution is 5.85. The summed E-state index contributed by atoms with van der Waals surface area (Å²) in [4.78, 5) is 0. The third-order valence-corrected chi connectivity index (χ3v) is 1.33. The second-order valence-electron chi connectivity index (χ2n) is 2.30. The van der Waals surface area contributed by atoms with Crippen molar-refractivity contribution in [3.05, 3.63) is 18.2 Å². The number of benzene rings is 1. The number of nitrogen functional groups attached to an aromatic ring is 1. The molecule has 82 valence electrons. The van der Waals surface area contributed by atoms with Gasteiger partial charge in [-0.05, 0) is 12.1 Å². The maximum absolute atomic E-state index is 9.23. The van der Waals surface area contributed by atoms with Crippen LogP contribution in [0.25, 0.3) is 0 Å². The van der Waals surface area contributed by atoms with Crippen molar-refractivity contribution < 1.29 is 20.4 Å². The number of anilines is 1. The number of ether oxygens (including phenoxy) is 1. The molecule has 0 aliphatic carbocycles. The van der Waals surface area contributed by atoms with E-state index in [-0.39, 0.29) is 36.8 Å². The maximum atomic E-state index is 9.23. The van der Waals surface area contributed by atoms with Gasteiger partial charge in [-0.3, -0.25) is 0 Å². The first-order chi connectivity index (χ1) is 5.74. The summed E-state index contributed by atoms with van der Waals surface area (Å²) >= 11 is 0. The van der Waals surface area contributed by atoms with Gasteiger partial charge in [-0.2, -0.15) is 0 Å². The van der Waals surface area contributed by atoms with Crippen LogP contribution in [-0.4, -0.2) is 28.9 Å². The summed E-state index contributed by atoms with van der Waals surface area (Å²) < 4.78 is 4.99. The normalized spacial score (nSPS) is 8.36. The van der Waals surface area contributed by atoms with Gasteiger partial charge in [-0.15, -0.1) is 12.4 Å². The molecule has 0 atom stereocenters. The van der Waals surface area contributed by atoms with Gasteiger partial charge in [-0.1, -0.05) is 0 Å². The highest BCUT2D eigenvalue weighted by Gasteiger charge is 2.00. The van der Waals surface area contributed by atoms with E-state index in [9.17, 15) is 5.11 Å². The van der Waals surface area contributed by atoms with Crippen LogP contribution >= 0.6 is 12.4 Å². The van der Waals surface area contributed by atoms with Gasteiger partial charge in [0.1, 0.15) is 6.61 Å². The third-order valence-electron chi connectivity index (χ3n) is 1.33. The first kappa shape index (κ1) is 15.3. The van der Waals surface area contributed by atoms with E-state index in [1.54, 1.807) is 12.1 Å². The van der Waals surface area contributed by atoms with Crippen molar-refractivity contribution in [3.8, 4) is 11.5 Å². The maximum Gasteiger partial charge on any atom is 0.161 e. The Hall–Kier alpha value is -1.17. The van der Waals surface area contributed by atoms with Crippen LogP contribution in [-0.2, 0) is 0 Å². The average molecular weight is 224 g/mol. The highest BCUT2D eigenvalue weighted by Crippen LogP contribution is 2.27. The number of phenolic OH excluding ortho intramolecular Hbond substituents is 1. The standard InChI is InChI=1S/C8H11NO3.ClH.H2O/c9-6-1-2-8(7(11)5-6)12-4-3-10;;/h1-2,5,10-11H,3-4,9H2;1H;1H2. The summed E-state index contributed by atoms with van der Waals surface area (Å²) in [5.41, 5.74) is 5.87. The minimum absolute atomic E-state index is 0. The summed E-state index contributed by atoms with van der Waals surface area (Å²) in [6.07, 6.45) is 0. The number of hydrogen-bond donors (Lipinski definition) is 3. The first-order valence-electron chi connectivity index (χ1n) is 3.56. The molecule has 1 aromatic carbocycles. The molecule has 0 heterocycles. The first-order valence-corrected chi connectivity index (χ1v) is 3.56. The third kappa shape index (κ3) is 4.18. The number of phenols is 1. The minimum atomic E-state index is -0.0795. The van der Waals surface area contributed by atoms with E-state index in [1.807, 2.05) is 0 Å². The summed E-state index contributed by atoms with van der Waals surface area (Å²) in [5.74, 6) is 0.321. The van der Waals surface area contributed by atoms with Crippen molar-refractivity contribution >= 4 is 18.1 Å². The topological polar surface area (TPSA) is 107 Å². The number of rotatable bonds is 3. The number of nitrogens with two attached hydrogens (primary N) is 1. The van der Waals surface area contributed by atoms with E-state index < -0.39 is 0 Å². The monoisotopic (exact) mass is 223 g/mol. The molecule has 0 fully saturated rings. The van der Waals surface area contributed by atoms with E-state index in [1.165, 1.54) is 6.07 Å². The zero-order chi connectivity index (χ0) is 8.97. The lowest BCUT2D eigenvalue weighted by molar-refractivity contribution is 0.197. The molecule has 0 bridgehead atoms. The van der Waals surface area contributed by atoms with Crippen molar-refractivity contribution in [1.29, 1.82) is 0 Å². The molecule has 5 nitrogen and oxygen atoms in total. The van der Waals surface area contributed by atoms with Gasteiger partial charge in [0.05, 0.1) is 6.61 Å². The Bertz CT molecular complexity index is 270. The lowest BCUT2D eigenvalue weighted by Crippen LogP contribution is -2.01. The molecule has 0 amide bonds. The summed E-state index contributed by atoms with van der Waals surface area (Å²) in [6.45, 7) is 0.0846. The number of aliphatic hydroxyl groups is 1. The van der Waals surface area contributed by atoms with Gasteiger partial charge in [0.25, 0.3) is 0 Å². The molecule has 0 radical (unpaired) electrons. The smallest absolute Gasteiger partial charge is 0.161 e. The molecular formula is C8H14ClNO4. The Morgan fingerprint density at radius 3 is 2.50 bits per heavy atom. The van der Waals surface area contributed by atoms with E-state index in [0.717, 1.165) is 0 Å². The van der Waals surface area contributed by atoms with Crippen LogP contribution in [0.5, 0.6) is 11.5 Å². The number of aromatic hydroxyl groups is 1.